The molecule has 0 bridgehead atoms. The van der Waals surface area contributed by atoms with Crippen molar-refractivity contribution in [2.45, 2.75) is 26.8 Å². The van der Waals surface area contributed by atoms with Crippen LogP contribution in [0, 0.1) is 24.0 Å². The van der Waals surface area contributed by atoms with E-state index in [1.807, 2.05) is 42.7 Å². The van der Waals surface area contributed by atoms with Gasteiger partial charge in [0, 0.05) is 23.5 Å². The van der Waals surface area contributed by atoms with Crippen LogP contribution >= 0.6 is 0 Å². The van der Waals surface area contributed by atoms with Gasteiger partial charge in [-0.25, -0.2) is 4.79 Å². The minimum Gasteiger partial charge on any atom is -0.497 e. The summed E-state index contributed by atoms with van der Waals surface area (Å²) >= 11 is 0. The maximum absolute atomic E-state index is 12.6. The number of hydrogen-bond acceptors (Lipinski definition) is 7. The summed E-state index contributed by atoms with van der Waals surface area (Å²) in [5.41, 5.74) is 3.30. The number of furan rings is 1. The Hall–Kier alpha value is -3.88. The molecule has 0 amide bonds. The molecule has 9 heteroatoms. The predicted octanol–water partition coefficient (Wildman–Crippen LogP) is 3.90. The van der Waals surface area contributed by atoms with Gasteiger partial charge >= 0.3 is 11.9 Å². The number of nitrogens with zero attached hydrogens (tertiary/aromatic N) is 2. The first-order chi connectivity index (χ1) is 14.8. The monoisotopic (exact) mass is 426 g/mol. The fourth-order valence-electron chi connectivity index (χ4n) is 3.28. The molecule has 31 heavy (non-hydrogen) atoms. The van der Waals surface area contributed by atoms with Crippen LogP contribution in [0.4, 0.5) is 5.88 Å². The number of Topliss-reactive ketones (excluding diaryl/α,β-unsaturated/α-hetero) is 1. The van der Waals surface area contributed by atoms with E-state index in [1.165, 1.54) is 0 Å². The SMILES string of the molecule is COc1ccc(CCn2c(C)cc(C(=O)COC(=O)c3ccc([N+](=O)[O-])o3)c2C)cc1. The van der Waals surface area contributed by atoms with Gasteiger partial charge in [-0.2, -0.15) is 0 Å². The van der Waals surface area contributed by atoms with Crippen LogP contribution < -0.4 is 4.74 Å². The molecule has 0 fully saturated rings. The molecule has 162 valence electrons. The van der Waals surface area contributed by atoms with Crippen LogP contribution in [-0.2, 0) is 17.7 Å². The lowest BCUT2D eigenvalue weighted by Gasteiger charge is -2.10. The zero-order valence-corrected chi connectivity index (χ0v) is 17.4. The van der Waals surface area contributed by atoms with E-state index in [2.05, 4.69) is 0 Å². The average molecular weight is 426 g/mol. The molecule has 0 aliphatic heterocycles. The third-order valence-electron chi connectivity index (χ3n) is 4.96. The molecule has 0 atom stereocenters. The molecule has 0 unspecified atom stereocenters. The van der Waals surface area contributed by atoms with Crippen LogP contribution in [-0.4, -0.2) is 35.0 Å². The van der Waals surface area contributed by atoms with Gasteiger partial charge in [-0.15, -0.1) is 0 Å². The fraction of sp³-hybridized carbons (Fsp3) is 0.273. The first kappa shape index (κ1) is 21.8. The van der Waals surface area contributed by atoms with E-state index in [9.17, 15) is 19.7 Å². The minimum absolute atomic E-state index is 0.329. The Morgan fingerprint density at radius 1 is 1.13 bits per heavy atom. The highest BCUT2D eigenvalue weighted by molar-refractivity contribution is 6.00. The van der Waals surface area contributed by atoms with Crippen LogP contribution in [0.3, 0.4) is 0 Å². The topological polar surface area (TPSA) is 114 Å². The Balaban J connectivity index is 1.62. The van der Waals surface area contributed by atoms with Gasteiger partial charge in [-0.1, -0.05) is 12.1 Å². The molecular formula is C22H22N2O7. The third-order valence-corrected chi connectivity index (χ3v) is 4.96. The Kier molecular flexibility index (Phi) is 6.54. The van der Waals surface area contributed by atoms with E-state index in [0.29, 0.717) is 12.1 Å². The van der Waals surface area contributed by atoms with Crippen LogP contribution in [0.25, 0.3) is 0 Å². The number of methoxy groups -OCH3 is 1. The molecule has 0 radical (unpaired) electrons. The van der Waals surface area contributed by atoms with Crippen LogP contribution in [0.15, 0.2) is 46.9 Å². The van der Waals surface area contributed by atoms with E-state index in [-0.39, 0.29) is 11.5 Å². The fourth-order valence-corrected chi connectivity index (χ4v) is 3.28. The Bertz CT molecular complexity index is 1110. The highest BCUT2D eigenvalue weighted by Crippen LogP contribution is 2.19. The number of aryl methyl sites for hydroxylation is 2. The van der Waals surface area contributed by atoms with Gasteiger partial charge in [0.1, 0.15) is 10.7 Å². The van der Waals surface area contributed by atoms with Crippen LogP contribution in [0.2, 0.25) is 0 Å². The molecule has 0 spiro atoms. The summed E-state index contributed by atoms with van der Waals surface area (Å²) in [6, 6.07) is 11.8. The number of benzene rings is 1. The average Bonchev–Trinajstić information content (AvgIpc) is 3.36. The zero-order valence-electron chi connectivity index (χ0n) is 17.4. The maximum atomic E-state index is 12.6. The maximum Gasteiger partial charge on any atom is 0.433 e. The Morgan fingerprint density at radius 3 is 2.45 bits per heavy atom. The molecule has 3 aromatic rings. The molecular weight excluding hydrogens is 404 g/mol. The number of nitro groups is 1. The van der Waals surface area contributed by atoms with Gasteiger partial charge < -0.3 is 18.5 Å². The van der Waals surface area contributed by atoms with Gasteiger partial charge in [-0.3, -0.25) is 14.9 Å². The van der Waals surface area contributed by atoms with E-state index < -0.39 is 23.4 Å². The first-order valence-electron chi connectivity index (χ1n) is 9.54. The second-order valence-electron chi connectivity index (χ2n) is 6.93. The minimum atomic E-state index is -0.935. The van der Waals surface area contributed by atoms with Crippen molar-refractivity contribution >= 4 is 17.6 Å². The molecule has 0 aliphatic rings. The smallest absolute Gasteiger partial charge is 0.433 e. The van der Waals surface area contributed by atoms with Crippen molar-refractivity contribution in [3.63, 3.8) is 0 Å². The molecule has 2 aromatic heterocycles. The lowest BCUT2D eigenvalue weighted by atomic mass is 10.1. The van der Waals surface area contributed by atoms with Gasteiger partial charge in [0.2, 0.25) is 11.5 Å². The second-order valence-corrected chi connectivity index (χ2v) is 6.93. The highest BCUT2D eigenvalue weighted by atomic mass is 16.7. The van der Waals surface area contributed by atoms with Crippen molar-refractivity contribution in [1.29, 1.82) is 0 Å². The molecule has 3 rings (SSSR count). The predicted molar refractivity (Wildman–Crippen MR) is 111 cm³/mol. The van der Waals surface area contributed by atoms with E-state index in [4.69, 9.17) is 13.9 Å². The molecule has 0 aliphatic carbocycles. The summed E-state index contributed by atoms with van der Waals surface area (Å²) < 4.78 is 17.0. The Morgan fingerprint density at radius 2 is 1.84 bits per heavy atom. The molecule has 0 N–H and O–H groups in total. The summed E-state index contributed by atoms with van der Waals surface area (Å²) in [5.74, 6) is -1.40. The summed E-state index contributed by atoms with van der Waals surface area (Å²) in [7, 11) is 1.62. The molecule has 0 saturated heterocycles. The molecule has 0 saturated carbocycles. The lowest BCUT2D eigenvalue weighted by Crippen LogP contribution is -2.15. The first-order valence-corrected chi connectivity index (χ1v) is 9.54. The van der Waals surface area contributed by atoms with Crippen LogP contribution in [0.1, 0.15) is 37.9 Å². The molecule has 9 nitrogen and oxygen atoms in total. The number of ether oxygens (including phenoxy) is 2. The van der Waals surface area contributed by atoms with Gasteiger partial charge in [0.15, 0.2) is 6.61 Å². The van der Waals surface area contributed by atoms with Crippen LogP contribution in [0.5, 0.6) is 5.75 Å². The summed E-state index contributed by atoms with van der Waals surface area (Å²) in [6.45, 7) is 3.95. The van der Waals surface area contributed by atoms with E-state index in [0.717, 1.165) is 41.3 Å². The third kappa shape index (κ3) is 5.00. The Labute approximate surface area is 178 Å². The standard InChI is InChI=1S/C22H22N2O7/c1-14-12-18(15(2)23(14)11-10-16-4-6-17(29-3)7-5-16)19(25)13-30-22(26)20-8-9-21(31-20)24(27)28/h4-9,12H,10-11,13H2,1-3H3. The normalized spacial score (nSPS) is 10.7. The van der Waals surface area contributed by atoms with Crippen molar-refractivity contribution in [1.82, 2.24) is 4.57 Å². The van der Waals surface area contributed by atoms with Crippen molar-refractivity contribution in [2.24, 2.45) is 0 Å². The zero-order chi connectivity index (χ0) is 22.5. The number of hydrogen-bond donors (Lipinski definition) is 0. The summed E-state index contributed by atoms with van der Waals surface area (Å²) in [5, 5.41) is 10.6. The largest absolute Gasteiger partial charge is 0.497 e. The highest BCUT2D eigenvalue weighted by Gasteiger charge is 2.21. The van der Waals surface area contributed by atoms with E-state index in [1.54, 1.807) is 13.2 Å². The van der Waals surface area contributed by atoms with Crippen molar-refractivity contribution in [3.8, 4) is 5.75 Å². The number of carbonyl (C=O) groups excluding carboxylic acids is 2. The van der Waals surface area contributed by atoms with Gasteiger partial charge in [-0.05, 0) is 50.1 Å². The van der Waals surface area contributed by atoms with E-state index >= 15 is 0 Å². The van der Waals surface area contributed by atoms with Gasteiger partial charge in [0.25, 0.3) is 0 Å². The lowest BCUT2D eigenvalue weighted by molar-refractivity contribution is -0.402. The molecule has 2 heterocycles. The quantitative estimate of drug-likeness (QED) is 0.221. The summed E-state index contributed by atoms with van der Waals surface area (Å²) in [4.78, 5) is 34.4. The number of rotatable bonds is 9. The van der Waals surface area contributed by atoms with Gasteiger partial charge in [0.05, 0.1) is 13.2 Å². The van der Waals surface area contributed by atoms with Crippen molar-refractivity contribution < 1.29 is 28.4 Å². The second kappa shape index (κ2) is 9.29. The summed E-state index contributed by atoms with van der Waals surface area (Å²) in [6.07, 6.45) is 0.778. The number of ketones is 1. The van der Waals surface area contributed by atoms with Crippen molar-refractivity contribution in [3.05, 3.63) is 80.9 Å². The number of esters is 1. The number of aromatic nitrogens is 1. The number of carbonyl (C=O) groups is 2. The molecule has 1 aromatic carbocycles. The van der Waals surface area contributed by atoms with Crippen molar-refractivity contribution in [2.75, 3.05) is 13.7 Å².